The predicted molar refractivity (Wildman–Crippen MR) is 90.7 cm³/mol. The summed E-state index contributed by atoms with van der Waals surface area (Å²) in [6, 6.07) is 0. The van der Waals surface area contributed by atoms with Crippen LogP contribution in [0.4, 0.5) is 0 Å². The molecule has 5 nitrogen and oxygen atoms in total. The van der Waals surface area contributed by atoms with Gasteiger partial charge in [0.25, 0.3) is 0 Å². The van der Waals surface area contributed by atoms with Crippen LogP contribution in [-0.2, 0) is 9.47 Å². The normalized spacial score (nSPS) is 34.3. The summed E-state index contributed by atoms with van der Waals surface area (Å²) in [7, 11) is 1.91. The second kappa shape index (κ2) is 6.60. The number of nitrogens with one attached hydrogen (secondary N) is 1. The number of hydrogen-bond donors (Lipinski definition) is 1. The van der Waals surface area contributed by atoms with Crippen molar-refractivity contribution in [3.8, 4) is 0 Å². The average molecular weight is 321 g/mol. The van der Waals surface area contributed by atoms with Crippen LogP contribution < -0.4 is 5.32 Å². The first-order chi connectivity index (χ1) is 11.3. The number of hydrogen-bond acceptors (Lipinski definition) is 3. The molecule has 0 amide bonds. The summed E-state index contributed by atoms with van der Waals surface area (Å²) in [5.41, 5.74) is 0.580. The Morgan fingerprint density at radius 1 is 1.13 bits per heavy atom. The molecule has 4 fully saturated rings. The van der Waals surface area contributed by atoms with E-state index in [1.165, 1.54) is 38.5 Å². The van der Waals surface area contributed by atoms with E-state index in [-0.39, 0.29) is 12.2 Å². The Morgan fingerprint density at radius 2 is 1.96 bits per heavy atom. The molecule has 4 aliphatic rings. The minimum absolute atomic E-state index is 0.200. The summed E-state index contributed by atoms with van der Waals surface area (Å²) < 4.78 is 11.8. The summed E-state index contributed by atoms with van der Waals surface area (Å²) >= 11 is 0. The van der Waals surface area contributed by atoms with Gasteiger partial charge in [0.1, 0.15) is 6.10 Å². The summed E-state index contributed by atoms with van der Waals surface area (Å²) in [6.45, 7) is 4.60. The van der Waals surface area contributed by atoms with Gasteiger partial charge in [-0.1, -0.05) is 6.42 Å². The van der Waals surface area contributed by atoms with E-state index in [9.17, 15) is 0 Å². The van der Waals surface area contributed by atoms with Crippen LogP contribution in [0.5, 0.6) is 0 Å². The number of guanidine groups is 1. The van der Waals surface area contributed by atoms with E-state index in [4.69, 9.17) is 9.47 Å². The summed E-state index contributed by atoms with van der Waals surface area (Å²) in [6.07, 6.45) is 9.89. The van der Waals surface area contributed by atoms with Gasteiger partial charge in [-0.15, -0.1) is 0 Å². The van der Waals surface area contributed by atoms with E-state index >= 15 is 0 Å². The van der Waals surface area contributed by atoms with Gasteiger partial charge in [-0.25, -0.2) is 0 Å². The van der Waals surface area contributed by atoms with Crippen LogP contribution in [0.15, 0.2) is 4.99 Å². The van der Waals surface area contributed by atoms with Gasteiger partial charge in [0.05, 0.1) is 12.7 Å². The topological polar surface area (TPSA) is 46.1 Å². The van der Waals surface area contributed by atoms with Crippen LogP contribution in [0, 0.1) is 11.3 Å². The van der Waals surface area contributed by atoms with E-state index in [0.717, 1.165) is 51.1 Å². The lowest BCUT2D eigenvalue weighted by Crippen LogP contribution is -2.55. The second-order valence-electron chi connectivity index (χ2n) is 7.80. The number of morpholine rings is 1. The lowest BCUT2D eigenvalue weighted by Gasteiger charge is -2.44. The Kier molecular flexibility index (Phi) is 4.50. The smallest absolute Gasteiger partial charge is 0.193 e. The number of nitrogens with zero attached hydrogens (tertiary/aromatic N) is 2. The molecule has 23 heavy (non-hydrogen) atoms. The Morgan fingerprint density at radius 3 is 2.57 bits per heavy atom. The highest BCUT2D eigenvalue weighted by Gasteiger charge is 2.49. The Hall–Kier alpha value is -0.810. The van der Waals surface area contributed by atoms with Gasteiger partial charge in [-0.05, 0) is 49.9 Å². The first-order valence-corrected chi connectivity index (χ1v) is 9.49. The van der Waals surface area contributed by atoms with Gasteiger partial charge < -0.3 is 19.7 Å². The number of ether oxygens (including phenoxy) is 2. The highest BCUT2D eigenvalue weighted by atomic mass is 16.5. The van der Waals surface area contributed by atoms with Crippen molar-refractivity contribution in [1.29, 1.82) is 0 Å². The molecule has 2 aliphatic carbocycles. The van der Waals surface area contributed by atoms with Crippen molar-refractivity contribution in [2.24, 2.45) is 16.3 Å². The van der Waals surface area contributed by atoms with Gasteiger partial charge in [0, 0.05) is 33.3 Å². The van der Waals surface area contributed by atoms with Gasteiger partial charge in [-0.3, -0.25) is 4.99 Å². The Bertz CT molecular complexity index is 440. The van der Waals surface area contributed by atoms with E-state index in [1.54, 1.807) is 0 Å². The van der Waals surface area contributed by atoms with Gasteiger partial charge in [0.2, 0.25) is 0 Å². The summed E-state index contributed by atoms with van der Waals surface area (Å²) in [5, 5.41) is 3.69. The first-order valence-electron chi connectivity index (χ1n) is 9.49. The molecule has 2 unspecified atom stereocenters. The molecule has 0 bridgehead atoms. The van der Waals surface area contributed by atoms with Crippen LogP contribution in [-0.4, -0.2) is 63.0 Å². The number of rotatable bonds is 4. The zero-order chi connectivity index (χ0) is 15.7. The lowest BCUT2D eigenvalue weighted by molar-refractivity contribution is -0.0818. The highest BCUT2D eigenvalue weighted by Crippen LogP contribution is 2.56. The van der Waals surface area contributed by atoms with Gasteiger partial charge in [-0.2, -0.15) is 0 Å². The van der Waals surface area contributed by atoms with E-state index in [0.29, 0.717) is 5.41 Å². The molecule has 0 aromatic heterocycles. The van der Waals surface area contributed by atoms with Crippen molar-refractivity contribution in [2.75, 3.05) is 39.9 Å². The first kappa shape index (κ1) is 15.7. The fourth-order valence-electron chi connectivity index (χ4n) is 4.63. The molecule has 5 heteroatoms. The minimum atomic E-state index is 0.200. The van der Waals surface area contributed by atoms with Crippen molar-refractivity contribution in [3.05, 3.63) is 0 Å². The molecular formula is C18H31N3O2. The molecule has 0 aromatic rings. The maximum atomic E-state index is 5.96. The fourth-order valence-corrected chi connectivity index (χ4v) is 4.63. The van der Waals surface area contributed by atoms with Crippen LogP contribution in [0.3, 0.4) is 0 Å². The van der Waals surface area contributed by atoms with Crippen molar-refractivity contribution in [2.45, 2.75) is 57.2 Å². The lowest BCUT2D eigenvalue weighted by atomic mass is 9.65. The van der Waals surface area contributed by atoms with Crippen LogP contribution >= 0.6 is 0 Å². The Balaban J connectivity index is 1.33. The van der Waals surface area contributed by atoms with E-state index < -0.39 is 0 Å². The molecule has 4 rings (SSSR count). The second-order valence-corrected chi connectivity index (χ2v) is 7.80. The van der Waals surface area contributed by atoms with Crippen molar-refractivity contribution in [3.63, 3.8) is 0 Å². The molecule has 2 atom stereocenters. The van der Waals surface area contributed by atoms with Crippen LogP contribution in [0.2, 0.25) is 0 Å². The molecule has 2 aliphatic heterocycles. The molecule has 2 saturated carbocycles. The third kappa shape index (κ3) is 3.22. The number of aliphatic imine (C=N–C) groups is 1. The molecule has 0 aromatic carbocycles. The third-order valence-corrected chi connectivity index (χ3v) is 6.38. The van der Waals surface area contributed by atoms with Crippen LogP contribution in [0.25, 0.3) is 0 Å². The quantitative estimate of drug-likeness (QED) is 0.636. The van der Waals surface area contributed by atoms with Crippen molar-refractivity contribution in [1.82, 2.24) is 10.2 Å². The minimum Gasteiger partial charge on any atom is -0.375 e. The molecule has 1 N–H and O–H groups in total. The predicted octanol–water partition coefficient (Wildman–Crippen LogP) is 2.02. The molecule has 0 radical (unpaired) electrons. The van der Waals surface area contributed by atoms with E-state index in [1.807, 2.05) is 7.05 Å². The standard InChI is InChI=1S/C18H31N3O2/c1-19-17(20-13-18(7-3-8-18)14-5-6-14)21-9-11-23-16(12-21)15-4-2-10-22-15/h14-16H,2-13H2,1H3,(H,19,20). The summed E-state index contributed by atoms with van der Waals surface area (Å²) in [5.74, 6) is 2.04. The fraction of sp³-hybridized carbons (Fsp3) is 0.944. The van der Waals surface area contributed by atoms with E-state index in [2.05, 4.69) is 15.2 Å². The van der Waals surface area contributed by atoms with Gasteiger partial charge in [0.15, 0.2) is 5.96 Å². The highest BCUT2D eigenvalue weighted by molar-refractivity contribution is 5.80. The largest absolute Gasteiger partial charge is 0.375 e. The Labute approximate surface area is 139 Å². The molecule has 130 valence electrons. The molecule has 2 heterocycles. The zero-order valence-electron chi connectivity index (χ0n) is 14.4. The third-order valence-electron chi connectivity index (χ3n) is 6.38. The van der Waals surface area contributed by atoms with Crippen LogP contribution in [0.1, 0.15) is 44.9 Å². The zero-order valence-corrected chi connectivity index (χ0v) is 14.4. The molecule has 0 spiro atoms. The maximum Gasteiger partial charge on any atom is 0.193 e. The van der Waals surface area contributed by atoms with Crippen molar-refractivity contribution >= 4 is 5.96 Å². The monoisotopic (exact) mass is 321 g/mol. The SMILES string of the molecule is CN=C(NCC1(C2CC2)CCC1)N1CCOC(C2CCCO2)C1. The average Bonchev–Trinajstić information content (AvgIpc) is 3.24. The maximum absolute atomic E-state index is 5.96. The van der Waals surface area contributed by atoms with Crippen molar-refractivity contribution < 1.29 is 9.47 Å². The molecule has 2 saturated heterocycles. The van der Waals surface area contributed by atoms with Gasteiger partial charge >= 0.3 is 0 Å². The summed E-state index contributed by atoms with van der Waals surface area (Å²) in [4.78, 5) is 6.92. The molecular weight excluding hydrogens is 290 g/mol.